The average molecular weight is 305 g/mol. The standard InChI is InChI=1S/C14H13BrN2O/c15-12-2-1-8(7-16)13(6-12)17-14(18)11-4-9-3-10(9)5-11/h1-2,6,9-11H,3-5H2,(H,17,18). The molecule has 18 heavy (non-hydrogen) atoms. The van der Waals surface area contributed by atoms with E-state index in [1.165, 1.54) is 6.42 Å². The van der Waals surface area contributed by atoms with Crippen LogP contribution in [0.1, 0.15) is 24.8 Å². The molecular weight excluding hydrogens is 292 g/mol. The van der Waals surface area contributed by atoms with Crippen molar-refractivity contribution in [3.8, 4) is 6.07 Å². The molecule has 0 bridgehead atoms. The van der Waals surface area contributed by atoms with Gasteiger partial charge in [0.1, 0.15) is 6.07 Å². The number of anilines is 1. The number of amides is 1. The number of nitrogens with zero attached hydrogens (tertiary/aromatic N) is 1. The Bertz CT molecular complexity index is 539. The highest BCUT2D eigenvalue weighted by Crippen LogP contribution is 2.54. The first-order valence-electron chi connectivity index (χ1n) is 6.18. The van der Waals surface area contributed by atoms with Gasteiger partial charge in [0.25, 0.3) is 0 Å². The summed E-state index contributed by atoms with van der Waals surface area (Å²) in [6.07, 6.45) is 3.35. The second-order valence-electron chi connectivity index (χ2n) is 5.22. The van der Waals surface area contributed by atoms with E-state index >= 15 is 0 Å². The number of nitrogens with one attached hydrogen (secondary N) is 1. The molecule has 1 aromatic carbocycles. The smallest absolute Gasteiger partial charge is 0.227 e. The summed E-state index contributed by atoms with van der Waals surface area (Å²) in [6, 6.07) is 7.40. The summed E-state index contributed by atoms with van der Waals surface area (Å²) in [5, 5.41) is 11.9. The zero-order chi connectivity index (χ0) is 12.7. The van der Waals surface area contributed by atoms with E-state index in [1.807, 2.05) is 0 Å². The maximum atomic E-state index is 12.1. The molecule has 0 saturated heterocycles. The summed E-state index contributed by atoms with van der Waals surface area (Å²) in [7, 11) is 0. The molecule has 2 aliphatic rings. The SMILES string of the molecule is N#Cc1ccc(Br)cc1NC(=O)C1CC2CC2C1. The fourth-order valence-corrected chi connectivity index (χ4v) is 3.24. The van der Waals surface area contributed by atoms with Crippen LogP contribution in [0.3, 0.4) is 0 Å². The van der Waals surface area contributed by atoms with Crippen LogP contribution in [-0.4, -0.2) is 5.91 Å². The van der Waals surface area contributed by atoms with Crippen LogP contribution >= 0.6 is 15.9 Å². The Balaban J connectivity index is 1.74. The molecule has 3 nitrogen and oxygen atoms in total. The number of rotatable bonds is 2. The minimum Gasteiger partial charge on any atom is -0.325 e. The maximum absolute atomic E-state index is 12.1. The van der Waals surface area contributed by atoms with Gasteiger partial charge in [-0.05, 0) is 49.3 Å². The predicted molar refractivity (Wildman–Crippen MR) is 71.8 cm³/mol. The molecule has 2 fully saturated rings. The Labute approximate surface area is 114 Å². The predicted octanol–water partition coefficient (Wildman–Crippen LogP) is 3.31. The van der Waals surface area contributed by atoms with Gasteiger partial charge >= 0.3 is 0 Å². The lowest BCUT2D eigenvalue weighted by molar-refractivity contribution is -0.120. The van der Waals surface area contributed by atoms with Crippen LogP contribution < -0.4 is 5.32 Å². The van der Waals surface area contributed by atoms with Crippen molar-refractivity contribution in [2.75, 3.05) is 5.32 Å². The molecule has 4 heteroatoms. The molecule has 0 aliphatic heterocycles. The summed E-state index contributed by atoms with van der Waals surface area (Å²) in [4.78, 5) is 12.1. The molecule has 0 spiro atoms. The summed E-state index contributed by atoms with van der Waals surface area (Å²) in [5.41, 5.74) is 1.12. The number of benzene rings is 1. The third-order valence-corrected chi connectivity index (χ3v) is 4.47. The van der Waals surface area contributed by atoms with Crippen LogP contribution in [0.15, 0.2) is 22.7 Å². The Morgan fingerprint density at radius 3 is 2.72 bits per heavy atom. The van der Waals surface area contributed by atoms with E-state index in [9.17, 15) is 4.79 Å². The van der Waals surface area contributed by atoms with Crippen molar-refractivity contribution < 1.29 is 4.79 Å². The van der Waals surface area contributed by atoms with Crippen LogP contribution in [0.4, 0.5) is 5.69 Å². The lowest BCUT2D eigenvalue weighted by Crippen LogP contribution is -2.22. The minimum atomic E-state index is 0.0665. The molecule has 1 amide bonds. The number of fused-ring (bicyclic) bond motifs is 1. The van der Waals surface area contributed by atoms with Gasteiger partial charge in [0.05, 0.1) is 11.3 Å². The topological polar surface area (TPSA) is 52.9 Å². The van der Waals surface area contributed by atoms with Gasteiger partial charge in [-0.1, -0.05) is 15.9 Å². The highest BCUT2D eigenvalue weighted by atomic mass is 79.9. The average Bonchev–Trinajstić information content (AvgIpc) is 2.96. The zero-order valence-electron chi connectivity index (χ0n) is 9.82. The summed E-state index contributed by atoms with van der Waals surface area (Å²) in [6.45, 7) is 0. The molecule has 0 heterocycles. The summed E-state index contributed by atoms with van der Waals surface area (Å²) in [5.74, 6) is 1.79. The molecule has 2 saturated carbocycles. The van der Waals surface area contributed by atoms with Gasteiger partial charge in [0, 0.05) is 10.4 Å². The summed E-state index contributed by atoms with van der Waals surface area (Å²) >= 11 is 3.35. The van der Waals surface area contributed by atoms with Gasteiger partial charge in [-0.15, -0.1) is 0 Å². The van der Waals surface area contributed by atoms with E-state index < -0.39 is 0 Å². The summed E-state index contributed by atoms with van der Waals surface area (Å²) < 4.78 is 0.867. The van der Waals surface area contributed by atoms with E-state index in [4.69, 9.17) is 5.26 Å². The Morgan fingerprint density at radius 1 is 1.33 bits per heavy atom. The number of carbonyl (C=O) groups excluding carboxylic acids is 1. The number of carbonyl (C=O) groups is 1. The first-order chi connectivity index (χ1) is 8.67. The van der Waals surface area contributed by atoms with Gasteiger partial charge in [-0.3, -0.25) is 4.79 Å². The lowest BCUT2D eigenvalue weighted by atomic mass is 10.0. The third-order valence-electron chi connectivity index (χ3n) is 3.97. The van der Waals surface area contributed by atoms with Crippen molar-refractivity contribution in [1.82, 2.24) is 0 Å². The first-order valence-corrected chi connectivity index (χ1v) is 6.97. The quantitative estimate of drug-likeness (QED) is 0.911. The van der Waals surface area contributed by atoms with Crippen molar-refractivity contribution in [2.45, 2.75) is 19.3 Å². The Morgan fingerprint density at radius 2 is 2.06 bits per heavy atom. The van der Waals surface area contributed by atoms with E-state index in [0.29, 0.717) is 11.3 Å². The Kier molecular flexibility index (Phi) is 2.87. The molecule has 3 rings (SSSR count). The lowest BCUT2D eigenvalue weighted by Gasteiger charge is -2.13. The van der Waals surface area contributed by atoms with Crippen LogP contribution in [0.5, 0.6) is 0 Å². The van der Waals surface area contributed by atoms with Gasteiger partial charge < -0.3 is 5.32 Å². The van der Waals surface area contributed by atoms with Gasteiger partial charge in [0.15, 0.2) is 0 Å². The largest absolute Gasteiger partial charge is 0.325 e. The number of hydrogen-bond acceptors (Lipinski definition) is 2. The molecule has 1 aromatic rings. The molecule has 0 radical (unpaired) electrons. The van der Waals surface area contributed by atoms with Crippen molar-refractivity contribution >= 4 is 27.5 Å². The number of hydrogen-bond donors (Lipinski definition) is 1. The Hall–Kier alpha value is -1.34. The molecule has 2 unspecified atom stereocenters. The molecule has 2 atom stereocenters. The van der Waals surface area contributed by atoms with Crippen molar-refractivity contribution in [3.63, 3.8) is 0 Å². The normalized spacial score (nSPS) is 28.3. The molecule has 0 aromatic heterocycles. The monoisotopic (exact) mass is 304 g/mol. The third kappa shape index (κ3) is 2.15. The fourth-order valence-electron chi connectivity index (χ4n) is 2.88. The van der Waals surface area contributed by atoms with Gasteiger partial charge in [0.2, 0.25) is 5.91 Å². The van der Waals surface area contributed by atoms with E-state index in [0.717, 1.165) is 29.2 Å². The number of nitriles is 1. The molecular formula is C14H13BrN2O. The van der Waals surface area contributed by atoms with Crippen LogP contribution in [0.25, 0.3) is 0 Å². The van der Waals surface area contributed by atoms with Gasteiger partial charge in [-0.25, -0.2) is 0 Å². The highest BCUT2D eigenvalue weighted by molar-refractivity contribution is 9.10. The molecule has 2 aliphatic carbocycles. The van der Waals surface area contributed by atoms with Crippen LogP contribution in [0.2, 0.25) is 0 Å². The van der Waals surface area contributed by atoms with E-state index in [1.54, 1.807) is 18.2 Å². The molecule has 1 N–H and O–H groups in total. The number of halogens is 1. The van der Waals surface area contributed by atoms with E-state index in [2.05, 4.69) is 27.3 Å². The molecule has 92 valence electrons. The van der Waals surface area contributed by atoms with Crippen molar-refractivity contribution in [3.05, 3.63) is 28.2 Å². The second-order valence-corrected chi connectivity index (χ2v) is 6.13. The maximum Gasteiger partial charge on any atom is 0.227 e. The van der Waals surface area contributed by atoms with E-state index in [-0.39, 0.29) is 11.8 Å². The zero-order valence-corrected chi connectivity index (χ0v) is 11.4. The van der Waals surface area contributed by atoms with Crippen LogP contribution in [0, 0.1) is 29.1 Å². The highest BCUT2D eigenvalue weighted by Gasteiger charge is 2.48. The fraction of sp³-hybridized carbons (Fsp3) is 0.429. The van der Waals surface area contributed by atoms with Gasteiger partial charge in [-0.2, -0.15) is 5.26 Å². The minimum absolute atomic E-state index is 0.0665. The second kappa shape index (κ2) is 4.40. The van der Waals surface area contributed by atoms with Crippen LogP contribution in [-0.2, 0) is 4.79 Å². The van der Waals surface area contributed by atoms with Crippen molar-refractivity contribution in [2.24, 2.45) is 17.8 Å². The van der Waals surface area contributed by atoms with Crippen molar-refractivity contribution in [1.29, 1.82) is 5.26 Å². The first kappa shape index (κ1) is 11.7.